The number of aromatic nitrogens is 1. The van der Waals surface area contributed by atoms with Crippen LogP contribution in [0, 0.1) is 5.82 Å². The average Bonchev–Trinajstić information content (AvgIpc) is 3.53. The van der Waals surface area contributed by atoms with Crippen molar-refractivity contribution in [2.75, 3.05) is 13.1 Å². The van der Waals surface area contributed by atoms with Gasteiger partial charge in [0.2, 0.25) is 20.0 Å². The molecule has 0 spiro atoms. The summed E-state index contributed by atoms with van der Waals surface area (Å²) in [7, 11) is -9.49. The summed E-state index contributed by atoms with van der Waals surface area (Å²) >= 11 is 0. The van der Waals surface area contributed by atoms with Gasteiger partial charge in [-0.2, -0.15) is 0 Å². The highest BCUT2D eigenvalue weighted by molar-refractivity contribution is 7.95. The van der Waals surface area contributed by atoms with E-state index < -0.39 is 54.2 Å². The lowest BCUT2D eigenvalue weighted by molar-refractivity contribution is 0.00578. The van der Waals surface area contributed by atoms with Crippen LogP contribution in [0.25, 0.3) is 10.9 Å². The van der Waals surface area contributed by atoms with Gasteiger partial charge >= 0.3 is 7.12 Å². The van der Waals surface area contributed by atoms with Crippen molar-refractivity contribution in [3.8, 4) is 0 Å². The summed E-state index contributed by atoms with van der Waals surface area (Å²) in [5.41, 5.74) is -0.447. The minimum atomic E-state index is -4.49. The standard InChI is InChI=1S/C26H34BFN2O6S2/c1-18-17-26(6,38(33,34)30-15-12-19-10-9-11-21(28)23(19)30)22(37(31,32)29-13-7-8-14-29)16-20(18)27-35-24(2,3)25(4,5)36-27/h9-12,15-17,22H,7-8,13-14H2,1-6H3. The highest BCUT2D eigenvalue weighted by Gasteiger charge is 2.58. The van der Waals surface area contributed by atoms with Crippen LogP contribution < -0.4 is 0 Å². The Balaban J connectivity index is 1.69. The van der Waals surface area contributed by atoms with Crippen LogP contribution in [0.2, 0.25) is 0 Å². The van der Waals surface area contributed by atoms with Gasteiger partial charge in [-0.05, 0) is 72.0 Å². The molecule has 2 atom stereocenters. The minimum absolute atomic E-state index is 0.113. The van der Waals surface area contributed by atoms with Crippen molar-refractivity contribution in [1.82, 2.24) is 8.28 Å². The smallest absolute Gasteiger partial charge is 0.399 e. The summed E-state index contributed by atoms with van der Waals surface area (Å²) < 4.78 is 84.5. The maximum atomic E-state index is 14.9. The third kappa shape index (κ3) is 3.94. The molecule has 3 aliphatic rings. The molecule has 0 amide bonds. The van der Waals surface area contributed by atoms with Crippen LogP contribution in [0.4, 0.5) is 4.39 Å². The van der Waals surface area contributed by atoms with Crippen molar-refractivity contribution in [3.05, 3.63) is 59.5 Å². The molecule has 3 heterocycles. The van der Waals surface area contributed by atoms with Crippen LogP contribution in [0.5, 0.6) is 0 Å². The Labute approximate surface area is 224 Å². The van der Waals surface area contributed by atoms with Gasteiger partial charge in [0.1, 0.15) is 15.8 Å². The van der Waals surface area contributed by atoms with E-state index in [0.29, 0.717) is 42.4 Å². The summed E-state index contributed by atoms with van der Waals surface area (Å²) in [5.74, 6) is -0.705. The van der Waals surface area contributed by atoms with E-state index in [-0.39, 0.29) is 5.52 Å². The van der Waals surface area contributed by atoms with Crippen LogP contribution in [0.3, 0.4) is 0 Å². The van der Waals surface area contributed by atoms with Crippen LogP contribution in [-0.4, -0.2) is 66.5 Å². The Bertz CT molecular complexity index is 1560. The molecule has 5 rings (SSSR count). The molecule has 0 saturated carbocycles. The average molecular weight is 565 g/mol. The molecule has 2 saturated heterocycles. The van der Waals surface area contributed by atoms with Crippen molar-refractivity contribution >= 4 is 38.1 Å². The van der Waals surface area contributed by atoms with Crippen molar-refractivity contribution in [1.29, 1.82) is 0 Å². The molecule has 206 valence electrons. The van der Waals surface area contributed by atoms with Crippen molar-refractivity contribution in [2.24, 2.45) is 0 Å². The topological polar surface area (TPSA) is 94.9 Å². The molecule has 38 heavy (non-hydrogen) atoms. The number of sulfonamides is 1. The number of rotatable bonds is 5. The molecule has 0 radical (unpaired) electrons. The van der Waals surface area contributed by atoms with Crippen LogP contribution in [0.15, 0.2) is 53.7 Å². The fourth-order valence-electron chi connectivity index (χ4n) is 5.53. The van der Waals surface area contributed by atoms with E-state index in [4.69, 9.17) is 9.31 Å². The highest BCUT2D eigenvalue weighted by Crippen LogP contribution is 2.45. The number of halogens is 1. The fraction of sp³-hybridized carbons (Fsp3) is 0.538. The van der Waals surface area contributed by atoms with Gasteiger partial charge in [-0.15, -0.1) is 0 Å². The van der Waals surface area contributed by atoms with E-state index in [1.807, 2.05) is 27.7 Å². The maximum absolute atomic E-state index is 14.9. The number of para-hydroxylation sites is 1. The van der Waals surface area contributed by atoms with Gasteiger partial charge in [-0.25, -0.2) is 29.5 Å². The molecule has 1 aromatic heterocycles. The lowest BCUT2D eigenvalue weighted by Gasteiger charge is -2.39. The van der Waals surface area contributed by atoms with Gasteiger partial charge in [-0.3, -0.25) is 0 Å². The second-order valence-electron chi connectivity index (χ2n) is 11.6. The highest BCUT2D eigenvalue weighted by atomic mass is 32.2. The Morgan fingerprint density at radius 1 is 0.974 bits per heavy atom. The zero-order valence-corrected chi connectivity index (χ0v) is 24.2. The van der Waals surface area contributed by atoms with E-state index >= 15 is 0 Å². The zero-order valence-electron chi connectivity index (χ0n) is 22.6. The number of hydrogen-bond acceptors (Lipinski definition) is 6. The van der Waals surface area contributed by atoms with Gasteiger partial charge in [0.15, 0.2) is 0 Å². The number of benzene rings is 1. The van der Waals surface area contributed by atoms with Crippen LogP contribution in [0.1, 0.15) is 54.4 Å². The Kier molecular flexibility index (Phi) is 6.36. The Morgan fingerprint density at radius 3 is 2.18 bits per heavy atom. The molecule has 2 aliphatic heterocycles. The Hall–Kier alpha value is -1.99. The summed E-state index contributed by atoms with van der Waals surface area (Å²) in [6.07, 6.45) is 5.62. The lowest BCUT2D eigenvalue weighted by atomic mass is 9.70. The first-order chi connectivity index (χ1) is 17.5. The predicted octanol–water partition coefficient (Wildman–Crippen LogP) is 4.03. The number of hydrogen-bond donors (Lipinski definition) is 0. The number of nitrogens with zero attached hydrogens (tertiary/aromatic N) is 2. The van der Waals surface area contributed by atoms with E-state index in [2.05, 4.69) is 0 Å². The molecule has 0 bridgehead atoms. The quantitative estimate of drug-likeness (QED) is 0.509. The van der Waals surface area contributed by atoms with Crippen molar-refractivity contribution in [3.63, 3.8) is 0 Å². The Morgan fingerprint density at radius 2 is 1.58 bits per heavy atom. The molecule has 2 fully saturated rings. The summed E-state index contributed by atoms with van der Waals surface area (Å²) in [6, 6.07) is 5.81. The number of allylic oxidation sites excluding steroid dienone is 2. The fourth-order valence-corrected chi connectivity index (χ4v) is 10.1. The molecular weight excluding hydrogens is 530 g/mol. The van der Waals surface area contributed by atoms with Gasteiger partial charge in [0.25, 0.3) is 0 Å². The third-order valence-electron chi connectivity index (χ3n) is 8.55. The second-order valence-corrected chi connectivity index (χ2v) is 15.9. The van der Waals surface area contributed by atoms with E-state index in [9.17, 15) is 21.2 Å². The van der Waals surface area contributed by atoms with Crippen LogP contribution in [-0.2, 0) is 29.4 Å². The minimum Gasteiger partial charge on any atom is -0.399 e. The normalized spacial score (nSPS) is 28.1. The van der Waals surface area contributed by atoms with E-state index in [1.165, 1.54) is 47.8 Å². The molecule has 1 aromatic carbocycles. The first kappa shape index (κ1) is 27.6. The van der Waals surface area contributed by atoms with Gasteiger partial charge in [0.05, 0.1) is 16.7 Å². The SMILES string of the molecule is CC1=CC(C)(S(=O)(=O)n2ccc3cccc(F)c32)C(S(=O)(=O)N2CCCC2)C=C1B1OC(C)(C)C(C)(C)O1. The first-order valence-corrected chi connectivity index (χ1v) is 15.7. The summed E-state index contributed by atoms with van der Waals surface area (Å²) in [6.45, 7) is 11.3. The summed E-state index contributed by atoms with van der Waals surface area (Å²) in [5, 5.41) is -1.08. The monoisotopic (exact) mass is 564 g/mol. The van der Waals surface area contributed by atoms with Gasteiger partial charge < -0.3 is 9.31 Å². The van der Waals surface area contributed by atoms with Gasteiger partial charge in [-0.1, -0.05) is 29.9 Å². The second kappa shape index (κ2) is 8.76. The summed E-state index contributed by atoms with van der Waals surface area (Å²) in [4.78, 5) is 0. The zero-order chi connectivity index (χ0) is 27.9. The molecule has 2 aromatic rings. The van der Waals surface area contributed by atoms with E-state index in [0.717, 1.165) is 3.97 Å². The van der Waals surface area contributed by atoms with Crippen molar-refractivity contribution in [2.45, 2.75) is 75.6 Å². The molecule has 8 nitrogen and oxygen atoms in total. The van der Waals surface area contributed by atoms with Crippen LogP contribution >= 0.6 is 0 Å². The predicted molar refractivity (Wildman–Crippen MR) is 146 cm³/mol. The van der Waals surface area contributed by atoms with Gasteiger partial charge in [0, 0.05) is 24.7 Å². The third-order valence-corrected chi connectivity index (χ3v) is 13.4. The molecule has 1 aliphatic carbocycles. The molecule has 2 unspecified atom stereocenters. The van der Waals surface area contributed by atoms with Crippen molar-refractivity contribution < 1.29 is 30.5 Å². The molecule has 12 heteroatoms. The molecule has 0 N–H and O–H groups in total. The van der Waals surface area contributed by atoms with E-state index in [1.54, 1.807) is 13.0 Å². The first-order valence-electron chi connectivity index (χ1n) is 12.8. The number of fused-ring (bicyclic) bond motifs is 1. The lowest BCUT2D eigenvalue weighted by Crippen LogP contribution is -2.55. The molecular formula is C26H34BFN2O6S2. The largest absolute Gasteiger partial charge is 0.494 e. The maximum Gasteiger partial charge on any atom is 0.494 e.